The van der Waals surface area contributed by atoms with E-state index >= 15 is 0 Å². The Hall–Kier alpha value is -0.800. The Bertz CT molecular complexity index is 341. The molecular formula is C13H22N2O. The maximum Gasteiger partial charge on any atom is 0.105 e. The summed E-state index contributed by atoms with van der Waals surface area (Å²) in [6.45, 7) is 4.04. The number of nitrogens with zero attached hydrogens (tertiary/aromatic N) is 1. The molecule has 2 N–H and O–H groups in total. The molecule has 0 unspecified atom stereocenters. The van der Waals surface area contributed by atoms with Crippen molar-refractivity contribution in [3.05, 3.63) is 23.7 Å². The number of nitrogens with two attached hydrogens (primary N) is 1. The van der Waals surface area contributed by atoms with Crippen molar-refractivity contribution in [2.75, 3.05) is 13.6 Å². The summed E-state index contributed by atoms with van der Waals surface area (Å²) in [6, 6.07) is 2.05. The van der Waals surface area contributed by atoms with Gasteiger partial charge in [-0.25, -0.2) is 0 Å². The number of hydrogen-bond acceptors (Lipinski definition) is 3. The summed E-state index contributed by atoms with van der Waals surface area (Å²) in [6.07, 6.45) is 6.58. The van der Waals surface area contributed by atoms with E-state index in [-0.39, 0.29) is 5.54 Å². The Morgan fingerprint density at radius 3 is 2.75 bits per heavy atom. The highest BCUT2D eigenvalue weighted by molar-refractivity contribution is 5.15. The molecule has 0 saturated heterocycles. The molecule has 0 aliphatic heterocycles. The maximum atomic E-state index is 6.21. The van der Waals surface area contributed by atoms with Crippen LogP contribution in [-0.2, 0) is 6.54 Å². The normalized spacial score (nSPS) is 18.8. The third kappa shape index (κ3) is 2.66. The first-order chi connectivity index (χ1) is 7.59. The van der Waals surface area contributed by atoms with Gasteiger partial charge < -0.3 is 15.1 Å². The van der Waals surface area contributed by atoms with Crippen LogP contribution in [0.3, 0.4) is 0 Å². The molecule has 3 nitrogen and oxygen atoms in total. The monoisotopic (exact) mass is 222 g/mol. The highest BCUT2D eigenvalue weighted by Crippen LogP contribution is 2.32. The zero-order chi connectivity index (χ0) is 11.6. The highest BCUT2D eigenvalue weighted by atomic mass is 16.3. The summed E-state index contributed by atoms with van der Waals surface area (Å²) < 4.78 is 5.29. The summed E-state index contributed by atoms with van der Waals surface area (Å²) in [5.74, 6) is 1.03. The standard InChI is InChI=1S/C13H22N2O/c1-11-12(4-9-16-11)10-15(2)8-7-13(14)5-3-6-13/h4,9H,3,5-8,10,14H2,1-2H3. The van der Waals surface area contributed by atoms with Crippen LogP contribution in [0, 0.1) is 6.92 Å². The molecule has 0 aromatic carbocycles. The van der Waals surface area contributed by atoms with Crippen molar-refractivity contribution in [1.82, 2.24) is 4.90 Å². The van der Waals surface area contributed by atoms with Crippen LogP contribution < -0.4 is 5.73 Å². The minimum atomic E-state index is 0.139. The van der Waals surface area contributed by atoms with Crippen molar-refractivity contribution >= 4 is 0 Å². The molecule has 0 amide bonds. The topological polar surface area (TPSA) is 42.4 Å². The molecule has 2 rings (SSSR count). The molecule has 16 heavy (non-hydrogen) atoms. The van der Waals surface area contributed by atoms with Gasteiger partial charge in [-0.2, -0.15) is 0 Å². The molecule has 0 spiro atoms. The van der Waals surface area contributed by atoms with Crippen molar-refractivity contribution in [1.29, 1.82) is 0 Å². The smallest absolute Gasteiger partial charge is 0.105 e. The fourth-order valence-corrected chi connectivity index (χ4v) is 2.24. The van der Waals surface area contributed by atoms with Crippen LogP contribution in [0.25, 0.3) is 0 Å². The number of rotatable bonds is 5. The summed E-state index contributed by atoms with van der Waals surface area (Å²) in [7, 11) is 2.15. The van der Waals surface area contributed by atoms with Crippen LogP contribution in [-0.4, -0.2) is 24.0 Å². The molecule has 3 heteroatoms. The van der Waals surface area contributed by atoms with Gasteiger partial charge in [-0.1, -0.05) is 0 Å². The molecule has 1 aromatic heterocycles. The van der Waals surface area contributed by atoms with Crippen LogP contribution in [0.2, 0.25) is 0 Å². The van der Waals surface area contributed by atoms with E-state index in [0.29, 0.717) is 0 Å². The second kappa shape index (κ2) is 4.60. The SMILES string of the molecule is Cc1occc1CN(C)CCC1(N)CCC1. The Labute approximate surface area is 97.6 Å². The fourth-order valence-electron chi connectivity index (χ4n) is 2.24. The van der Waals surface area contributed by atoms with Crippen molar-refractivity contribution in [2.24, 2.45) is 5.73 Å². The average molecular weight is 222 g/mol. The largest absolute Gasteiger partial charge is 0.469 e. The molecule has 0 atom stereocenters. The van der Waals surface area contributed by atoms with Crippen LogP contribution in [0.4, 0.5) is 0 Å². The molecular weight excluding hydrogens is 200 g/mol. The molecule has 0 radical (unpaired) electrons. The lowest BCUT2D eigenvalue weighted by molar-refractivity contribution is 0.193. The second-order valence-electron chi connectivity index (χ2n) is 5.21. The van der Waals surface area contributed by atoms with Gasteiger partial charge in [0.2, 0.25) is 0 Å². The molecule has 1 aromatic rings. The zero-order valence-corrected chi connectivity index (χ0v) is 10.3. The van der Waals surface area contributed by atoms with Gasteiger partial charge in [0.1, 0.15) is 5.76 Å². The summed E-state index contributed by atoms with van der Waals surface area (Å²) in [5, 5.41) is 0. The predicted octanol–water partition coefficient (Wildman–Crippen LogP) is 2.29. The van der Waals surface area contributed by atoms with Gasteiger partial charge in [0.25, 0.3) is 0 Å². The van der Waals surface area contributed by atoms with Gasteiger partial charge in [0.15, 0.2) is 0 Å². The minimum Gasteiger partial charge on any atom is -0.469 e. The van der Waals surface area contributed by atoms with Crippen molar-refractivity contribution in [3.8, 4) is 0 Å². The Morgan fingerprint density at radius 2 is 2.25 bits per heavy atom. The first-order valence-corrected chi connectivity index (χ1v) is 6.09. The average Bonchev–Trinajstić information content (AvgIpc) is 2.59. The van der Waals surface area contributed by atoms with Gasteiger partial charge in [-0.05, 0) is 52.3 Å². The van der Waals surface area contributed by atoms with Crippen LogP contribution >= 0.6 is 0 Å². The van der Waals surface area contributed by atoms with E-state index in [0.717, 1.165) is 25.3 Å². The number of hydrogen-bond donors (Lipinski definition) is 1. The zero-order valence-electron chi connectivity index (χ0n) is 10.3. The van der Waals surface area contributed by atoms with E-state index < -0.39 is 0 Å². The summed E-state index contributed by atoms with van der Waals surface area (Å²) in [5.41, 5.74) is 7.63. The molecule has 90 valence electrons. The van der Waals surface area contributed by atoms with Crippen molar-refractivity contribution in [3.63, 3.8) is 0 Å². The van der Waals surface area contributed by atoms with E-state index in [1.165, 1.54) is 24.8 Å². The van der Waals surface area contributed by atoms with Gasteiger partial charge in [-0.3, -0.25) is 0 Å². The number of furan rings is 1. The quantitative estimate of drug-likeness (QED) is 0.831. The minimum absolute atomic E-state index is 0.139. The number of aryl methyl sites for hydroxylation is 1. The molecule has 1 saturated carbocycles. The molecule has 0 bridgehead atoms. The van der Waals surface area contributed by atoms with Crippen molar-refractivity contribution < 1.29 is 4.42 Å². The maximum absolute atomic E-state index is 6.21. The third-order valence-electron chi connectivity index (χ3n) is 3.75. The van der Waals surface area contributed by atoms with Gasteiger partial charge in [-0.15, -0.1) is 0 Å². The van der Waals surface area contributed by atoms with Gasteiger partial charge in [0, 0.05) is 17.6 Å². The lowest BCUT2D eigenvalue weighted by Gasteiger charge is -2.39. The Kier molecular flexibility index (Phi) is 3.36. The van der Waals surface area contributed by atoms with Crippen LogP contribution in [0.5, 0.6) is 0 Å². The van der Waals surface area contributed by atoms with Gasteiger partial charge >= 0.3 is 0 Å². The van der Waals surface area contributed by atoms with Gasteiger partial charge in [0.05, 0.1) is 6.26 Å². The summed E-state index contributed by atoms with van der Waals surface area (Å²) >= 11 is 0. The van der Waals surface area contributed by atoms with E-state index in [2.05, 4.69) is 11.9 Å². The van der Waals surface area contributed by atoms with E-state index in [9.17, 15) is 0 Å². The summed E-state index contributed by atoms with van der Waals surface area (Å²) in [4.78, 5) is 2.32. The van der Waals surface area contributed by atoms with Crippen LogP contribution in [0.15, 0.2) is 16.7 Å². The lowest BCUT2D eigenvalue weighted by atomic mass is 9.75. The van der Waals surface area contributed by atoms with E-state index in [1.54, 1.807) is 6.26 Å². The Morgan fingerprint density at radius 1 is 1.50 bits per heavy atom. The van der Waals surface area contributed by atoms with Crippen molar-refractivity contribution in [2.45, 2.75) is 44.7 Å². The molecule has 1 fully saturated rings. The second-order valence-corrected chi connectivity index (χ2v) is 5.21. The van der Waals surface area contributed by atoms with E-state index in [1.807, 2.05) is 13.0 Å². The predicted molar refractivity (Wildman–Crippen MR) is 65.2 cm³/mol. The van der Waals surface area contributed by atoms with Crippen LogP contribution in [0.1, 0.15) is 37.0 Å². The highest BCUT2D eigenvalue weighted by Gasteiger charge is 2.31. The first kappa shape index (κ1) is 11.7. The molecule has 1 heterocycles. The molecule has 1 aliphatic carbocycles. The third-order valence-corrected chi connectivity index (χ3v) is 3.75. The first-order valence-electron chi connectivity index (χ1n) is 6.09. The fraction of sp³-hybridized carbons (Fsp3) is 0.692. The van der Waals surface area contributed by atoms with E-state index in [4.69, 9.17) is 10.2 Å². The lowest BCUT2D eigenvalue weighted by Crippen LogP contribution is -2.48. The molecule has 1 aliphatic rings. The Balaban J connectivity index is 1.76.